The molecule has 6 nitrogen and oxygen atoms in total. The lowest BCUT2D eigenvalue weighted by Crippen LogP contribution is -2.17. The van der Waals surface area contributed by atoms with Crippen LogP contribution in [0.1, 0.15) is 23.2 Å². The van der Waals surface area contributed by atoms with Gasteiger partial charge in [-0.3, -0.25) is 14.0 Å². The van der Waals surface area contributed by atoms with E-state index in [-0.39, 0.29) is 5.56 Å². The van der Waals surface area contributed by atoms with Crippen molar-refractivity contribution in [2.75, 3.05) is 12.4 Å². The van der Waals surface area contributed by atoms with Gasteiger partial charge in [0.15, 0.2) is 0 Å². The number of hydrogen-bond donors (Lipinski definition) is 2. The second kappa shape index (κ2) is 8.13. The van der Waals surface area contributed by atoms with E-state index in [4.69, 9.17) is 22.2 Å². The van der Waals surface area contributed by atoms with E-state index >= 15 is 0 Å². The molecule has 0 saturated heterocycles. The summed E-state index contributed by atoms with van der Waals surface area (Å²) in [6.45, 7) is 2.18. The summed E-state index contributed by atoms with van der Waals surface area (Å²) in [5.41, 5.74) is 4.94. The third kappa shape index (κ3) is 3.80. The monoisotopic (exact) mass is 434 g/mol. The molecule has 1 aliphatic rings. The van der Waals surface area contributed by atoms with Crippen molar-refractivity contribution >= 4 is 22.5 Å². The minimum Gasteiger partial charge on any atom is -0.489 e. The predicted octanol–water partition coefficient (Wildman–Crippen LogP) is 3.77. The van der Waals surface area contributed by atoms with Gasteiger partial charge in [0.05, 0.1) is 11.2 Å². The Morgan fingerprint density at radius 1 is 1.10 bits per heavy atom. The fourth-order valence-corrected chi connectivity index (χ4v) is 4.27. The summed E-state index contributed by atoms with van der Waals surface area (Å²) in [4.78, 5) is 12.8. The van der Waals surface area contributed by atoms with E-state index in [2.05, 4.69) is 11.4 Å². The molecule has 4 aromatic rings. The van der Waals surface area contributed by atoms with E-state index in [1.165, 1.54) is 11.6 Å². The molecule has 0 aliphatic carbocycles. The first kappa shape index (κ1) is 19.7. The normalized spacial score (nSPS) is 13.7. The van der Waals surface area contributed by atoms with Crippen LogP contribution in [0.3, 0.4) is 0 Å². The lowest BCUT2D eigenvalue weighted by molar-refractivity contribution is 0.305. The van der Waals surface area contributed by atoms with Crippen LogP contribution < -0.4 is 21.5 Å². The number of halogens is 1. The van der Waals surface area contributed by atoms with Crippen LogP contribution in [-0.4, -0.2) is 15.8 Å². The molecule has 2 aromatic carbocycles. The van der Waals surface area contributed by atoms with Gasteiger partial charge in [0, 0.05) is 34.9 Å². The van der Waals surface area contributed by atoms with Gasteiger partial charge in [-0.1, -0.05) is 29.8 Å². The van der Waals surface area contributed by atoms with Crippen molar-refractivity contribution in [1.29, 1.82) is 0 Å². The zero-order valence-corrected chi connectivity index (χ0v) is 17.7. The van der Waals surface area contributed by atoms with Crippen LogP contribution in [0.2, 0.25) is 5.02 Å². The van der Waals surface area contributed by atoms with Crippen molar-refractivity contribution in [3.05, 3.63) is 93.0 Å². The van der Waals surface area contributed by atoms with Gasteiger partial charge in [-0.2, -0.15) is 0 Å². The Balaban J connectivity index is 1.42. The van der Waals surface area contributed by atoms with Crippen molar-refractivity contribution in [2.45, 2.75) is 26.0 Å². The summed E-state index contributed by atoms with van der Waals surface area (Å²) in [6, 6.07) is 16.7. The summed E-state index contributed by atoms with van der Waals surface area (Å²) in [5, 5.41) is 5.26. The van der Waals surface area contributed by atoms with Gasteiger partial charge in [0.2, 0.25) is 0 Å². The predicted molar refractivity (Wildman–Crippen MR) is 123 cm³/mol. The maximum absolute atomic E-state index is 12.8. The van der Waals surface area contributed by atoms with Crippen molar-refractivity contribution in [3.8, 4) is 11.4 Å². The molecule has 7 heteroatoms. The Bertz CT molecular complexity index is 1310. The molecule has 0 spiro atoms. The average Bonchev–Trinajstić information content (AvgIpc) is 2.93. The van der Waals surface area contributed by atoms with Crippen LogP contribution in [0.25, 0.3) is 16.6 Å². The first-order valence-corrected chi connectivity index (χ1v) is 10.7. The zero-order valence-electron chi connectivity index (χ0n) is 17.0. The number of fused-ring (bicyclic) bond motifs is 3. The fraction of sp³-hybridized carbons (Fsp3) is 0.208. The number of pyridine rings is 1. The van der Waals surface area contributed by atoms with Crippen LogP contribution in [0.4, 0.5) is 0 Å². The third-order valence-electron chi connectivity index (χ3n) is 5.76. The second-order valence-electron chi connectivity index (χ2n) is 7.76. The number of hydrogen-bond acceptors (Lipinski definition) is 4. The quantitative estimate of drug-likeness (QED) is 0.479. The molecule has 31 heavy (non-hydrogen) atoms. The molecule has 3 heterocycles. The maximum Gasteiger partial charge on any atom is 0.258 e. The highest BCUT2D eigenvalue weighted by Gasteiger charge is 2.18. The van der Waals surface area contributed by atoms with Gasteiger partial charge in [0.1, 0.15) is 12.4 Å². The topological polar surface area (TPSA) is 74.2 Å². The molecule has 5 rings (SSSR count). The van der Waals surface area contributed by atoms with Gasteiger partial charge in [-0.05, 0) is 60.8 Å². The summed E-state index contributed by atoms with van der Waals surface area (Å²) >= 11 is 5.91. The molecule has 0 fully saturated rings. The van der Waals surface area contributed by atoms with Crippen molar-refractivity contribution < 1.29 is 4.74 Å². The van der Waals surface area contributed by atoms with E-state index in [0.717, 1.165) is 53.8 Å². The van der Waals surface area contributed by atoms with Crippen molar-refractivity contribution in [1.82, 2.24) is 14.6 Å². The summed E-state index contributed by atoms with van der Waals surface area (Å²) in [6.07, 6.45) is 3.74. The molecule has 3 N–H and O–H groups in total. The molecule has 0 bridgehead atoms. The Morgan fingerprint density at radius 2 is 1.94 bits per heavy atom. The molecule has 2 aromatic heterocycles. The number of rotatable bonds is 4. The van der Waals surface area contributed by atoms with Gasteiger partial charge in [0.25, 0.3) is 5.56 Å². The lowest BCUT2D eigenvalue weighted by Gasteiger charge is -2.10. The number of nitrogens with two attached hydrogens (primary N) is 1. The van der Waals surface area contributed by atoms with Crippen LogP contribution in [0.15, 0.2) is 65.6 Å². The highest BCUT2D eigenvalue weighted by atomic mass is 35.5. The molecule has 158 valence electrons. The molecule has 0 amide bonds. The Labute approximate surface area is 184 Å². The highest BCUT2D eigenvalue weighted by Crippen LogP contribution is 2.28. The van der Waals surface area contributed by atoms with E-state index in [1.54, 1.807) is 21.5 Å². The Hall–Kier alpha value is -3.22. The number of nitrogen functional groups attached to an aromatic ring is 1. The molecule has 0 saturated carbocycles. The van der Waals surface area contributed by atoms with E-state index in [1.807, 2.05) is 36.4 Å². The standard InChI is InChI=1S/C24H23ClN4O2/c25-17-5-3-16(4-6-17)15-31-19-9-11-28(24(30)13-19)18-7-8-20-21-14-27-10-1-2-22(21)29(26)23(20)12-18/h3-9,11-13,27H,1-2,10,14-15,26H2. The largest absolute Gasteiger partial charge is 0.489 e. The van der Waals surface area contributed by atoms with E-state index < -0.39 is 0 Å². The molecular formula is C24H23ClN4O2. The van der Waals surface area contributed by atoms with Gasteiger partial charge in [-0.25, -0.2) is 0 Å². The molecule has 0 radical (unpaired) electrons. The number of benzene rings is 2. The lowest BCUT2D eigenvalue weighted by atomic mass is 10.1. The van der Waals surface area contributed by atoms with Crippen LogP contribution in [0.5, 0.6) is 5.75 Å². The minimum absolute atomic E-state index is 0.161. The number of aromatic nitrogens is 2. The summed E-state index contributed by atoms with van der Waals surface area (Å²) in [5.74, 6) is 6.94. The minimum atomic E-state index is -0.161. The smallest absolute Gasteiger partial charge is 0.258 e. The van der Waals surface area contributed by atoms with Crippen molar-refractivity contribution in [2.24, 2.45) is 0 Å². The average molecular weight is 435 g/mol. The van der Waals surface area contributed by atoms with E-state index in [0.29, 0.717) is 17.4 Å². The molecular weight excluding hydrogens is 412 g/mol. The summed E-state index contributed by atoms with van der Waals surface area (Å²) < 4.78 is 9.15. The first-order valence-electron chi connectivity index (χ1n) is 10.3. The first-order chi connectivity index (χ1) is 15.1. The SMILES string of the molecule is Nn1c2c(c3ccc(-n4ccc(OCc5ccc(Cl)cc5)cc4=O)cc31)CNCCC2. The van der Waals surface area contributed by atoms with E-state index in [9.17, 15) is 4.79 Å². The molecule has 0 unspecified atom stereocenters. The molecule has 1 aliphatic heterocycles. The number of nitrogens with one attached hydrogen (secondary N) is 1. The van der Waals surface area contributed by atoms with Crippen molar-refractivity contribution in [3.63, 3.8) is 0 Å². The maximum atomic E-state index is 12.8. The molecule has 0 atom stereocenters. The fourth-order valence-electron chi connectivity index (χ4n) is 4.14. The van der Waals surface area contributed by atoms with Crippen LogP contribution in [-0.2, 0) is 19.6 Å². The number of ether oxygens (including phenoxy) is 1. The zero-order chi connectivity index (χ0) is 21.4. The second-order valence-corrected chi connectivity index (χ2v) is 8.20. The van der Waals surface area contributed by atoms with Crippen LogP contribution >= 0.6 is 11.6 Å². The van der Waals surface area contributed by atoms with Crippen LogP contribution in [0, 0.1) is 0 Å². The highest BCUT2D eigenvalue weighted by molar-refractivity contribution is 6.30. The Morgan fingerprint density at radius 3 is 2.74 bits per heavy atom. The van der Waals surface area contributed by atoms with Gasteiger partial charge in [-0.15, -0.1) is 0 Å². The van der Waals surface area contributed by atoms with Gasteiger partial charge >= 0.3 is 0 Å². The third-order valence-corrected chi connectivity index (χ3v) is 6.01. The number of nitrogens with zero attached hydrogens (tertiary/aromatic N) is 2. The summed E-state index contributed by atoms with van der Waals surface area (Å²) in [7, 11) is 0. The Kier molecular flexibility index (Phi) is 5.18. The van der Waals surface area contributed by atoms with Gasteiger partial charge < -0.3 is 15.9 Å².